The molecule has 11 heteroatoms. The Bertz CT molecular complexity index is 1050. The minimum Gasteiger partial charge on any atom is -0.395 e. The number of aromatic nitrogens is 6. The third-order valence-corrected chi connectivity index (χ3v) is 4.11. The van der Waals surface area contributed by atoms with Gasteiger partial charge in [0.2, 0.25) is 0 Å². The van der Waals surface area contributed by atoms with E-state index in [0.717, 1.165) is 10.1 Å². The van der Waals surface area contributed by atoms with Crippen molar-refractivity contribution in [3.63, 3.8) is 0 Å². The van der Waals surface area contributed by atoms with Gasteiger partial charge in [0.1, 0.15) is 0 Å². The summed E-state index contributed by atoms with van der Waals surface area (Å²) < 4.78 is 2.38. The van der Waals surface area contributed by atoms with E-state index in [-0.39, 0.29) is 24.3 Å². The van der Waals surface area contributed by atoms with Gasteiger partial charge in [-0.1, -0.05) is 6.07 Å². The lowest BCUT2D eigenvalue weighted by atomic mass is 10.3. The molecule has 0 radical (unpaired) electrons. The van der Waals surface area contributed by atoms with E-state index in [1.807, 2.05) is 6.07 Å². The van der Waals surface area contributed by atoms with E-state index in [4.69, 9.17) is 5.11 Å². The fraction of sp³-hybridized carbons (Fsp3) is 0.412. The Morgan fingerprint density at radius 1 is 1.14 bits per heavy atom. The van der Waals surface area contributed by atoms with Crippen LogP contribution in [0.3, 0.4) is 0 Å². The molecule has 3 N–H and O–H groups in total. The van der Waals surface area contributed by atoms with Crippen LogP contribution in [-0.2, 0) is 20.1 Å². The highest BCUT2D eigenvalue weighted by atomic mass is 16.3. The largest absolute Gasteiger partial charge is 0.395 e. The fourth-order valence-corrected chi connectivity index (χ4v) is 2.67. The molecule has 28 heavy (non-hydrogen) atoms. The molecule has 3 heterocycles. The van der Waals surface area contributed by atoms with Crippen LogP contribution in [0, 0.1) is 0 Å². The molecule has 0 fully saturated rings. The molecule has 0 spiro atoms. The van der Waals surface area contributed by atoms with Crippen LogP contribution in [-0.4, -0.2) is 60.6 Å². The first kappa shape index (κ1) is 19.7. The minimum absolute atomic E-state index is 0.0851. The first-order valence-electron chi connectivity index (χ1n) is 8.86. The van der Waals surface area contributed by atoms with E-state index in [0.29, 0.717) is 32.0 Å². The quantitative estimate of drug-likeness (QED) is 0.356. The summed E-state index contributed by atoms with van der Waals surface area (Å²) in [6.07, 6.45) is 3.29. The van der Waals surface area contributed by atoms with Crippen molar-refractivity contribution < 1.29 is 5.11 Å². The highest BCUT2D eigenvalue weighted by molar-refractivity contribution is 5.68. The summed E-state index contributed by atoms with van der Waals surface area (Å²) >= 11 is 0. The van der Waals surface area contributed by atoms with Gasteiger partial charge in [-0.15, -0.1) is 10.2 Å². The molecular formula is C17H22N8O3. The second kappa shape index (κ2) is 9.26. The Hall–Kier alpha value is -3.02. The van der Waals surface area contributed by atoms with Gasteiger partial charge in [-0.3, -0.25) is 18.9 Å². The maximum absolute atomic E-state index is 12.6. The highest BCUT2D eigenvalue weighted by Crippen LogP contribution is 2.05. The molecule has 0 aromatic carbocycles. The zero-order valence-corrected chi connectivity index (χ0v) is 15.5. The number of nitrogens with one attached hydrogen (secondary N) is 2. The molecule has 3 rings (SSSR count). The Morgan fingerprint density at radius 3 is 2.71 bits per heavy atom. The fourth-order valence-electron chi connectivity index (χ4n) is 2.67. The average molecular weight is 386 g/mol. The summed E-state index contributed by atoms with van der Waals surface area (Å²) in [5, 5.41) is 23.0. The van der Waals surface area contributed by atoms with Crippen LogP contribution in [0.15, 0.2) is 34.1 Å². The van der Waals surface area contributed by atoms with Crippen LogP contribution in [0.25, 0.3) is 11.2 Å². The van der Waals surface area contributed by atoms with Gasteiger partial charge in [-0.25, -0.2) is 9.78 Å². The number of hydrogen-bond acceptors (Lipinski definition) is 9. The number of nitrogens with zero attached hydrogens (tertiary/aromatic N) is 6. The number of hydrogen-bond donors (Lipinski definition) is 3. The lowest BCUT2D eigenvalue weighted by Gasteiger charge is -2.11. The molecule has 0 saturated heterocycles. The molecule has 11 nitrogen and oxygen atoms in total. The highest BCUT2D eigenvalue weighted by Gasteiger charge is 2.15. The van der Waals surface area contributed by atoms with Gasteiger partial charge < -0.3 is 15.7 Å². The maximum atomic E-state index is 12.6. The van der Waals surface area contributed by atoms with Gasteiger partial charge in [-0.05, 0) is 11.6 Å². The first-order valence-corrected chi connectivity index (χ1v) is 8.86. The van der Waals surface area contributed by atoms with Crippen molar-refractivity contribution in [1.29, 1.82) is 0 Å². The second-order valence-corrected chi connectivity index (χ2v) is 6.14. The lowest BCUT2D eigenvalue weighted by Crippen LogP contribution is -2.39. The monoisotopic (exact) mass is 386 g/mol. The normalized spacial score (nSPS) is 11.2. The van der Waals surface area contributed by atoms with Gasteiger partial charge >= 0.3 is 5.69 Å². The summed E-state index contributed by atoms with van der Waals surface area (Å²) in [6, 6.07) is 3.61. The van der Waals surface area contributed by atoms with Gasteiger partial charge in [0.25, 0.3) is 5.56 Å². The Kier molecular flexibility index (Phi) is 6.53. The predicted octanol–water partition coefficient (Wildman–Crippen LogP) is -2.00. The number of aliphatic hydroxyl groups excluding tert-OH is 1. The first-order chi connectivity index (χ1) is 13.6. The number of fused-ring (bicyclic) bond motifs is 1. The molecule has 0 bridgehead atoms. The molecule has 0 aliphatic carbocycles. The van der Waals surface area contributed by atoms with Crippen molar-refractivity contribution in [2.75, 3.05) is 26.2 Å². The second-order valence-electron chi connectivity index (χ2n) is 6.14. The number of rotatable bonds is 9. The topological polar surface area (TPSA) is 140 Å². The van der Waals surface area contributed by atoms with Gasteiger partial charge in [-0.2, -0.15) is 0 Å². The molecule has 0 saturated carbocycles. The molecule has 0 unspecified atom stereocenters. The maximum Gasteiger partial charge on any atom is 0.332 e. The van der Waals surface area contributed by atoms with E-state index in [1.54, 1.807) is 18.5 Å². The molecule has 0 aliphatic heterocycles. The van der Waals surface area contributed by atoms with Crippen LogP contribution in [0.1, 0.15) is 11.4 Å². The van der Waals surface area contributed by atoms with Gasteiger partial charge in [0.15, 0.2) is 17.0 Å². The third-order valence-electron chi connectivity index (χ3n) is 4.11. The molecule has 0 atom stereocenters. The van der Waals surface area contributed by atoms with Gasteiger partial charge in [0, 0.05) is 39.1 Å². The van der Waals surface area contributed by atoms with E-state index in [9.17, 15) is 9.59 Å². The van der Waals surface area contributed by atoms with Crippen molar-refractivity contribution >= 4 is 11.2 Å². The summed E-state index contributed by atoms with van der Waals surface area (Å²) in [4.78, 5) is 33.4. The van der Waals surface area contributed by atoms with Gasteiger partial charge in [0.05, 0.1) is 19.7 Å². The number of pyridine rings is 1. The van der Waals surface area contributed by atoms with Crippen molar-refractivity contribution in [2.45, 2.75) is 13.1 Å². The van der Waals surface area contributed by atoms with E-state index in [2.05, 4.69) is 30.8 Å². The zero-order valence-electron chi connectivity index (χ0n) is 15.5. The van der Waals surface area contributed by atoms with Crippen LogP contribution in [0.2, 0.25) is 0 Å². The minimum atomic E-state index is -0.511. The average Bonchev–Trinajstić information content (AvgIpc) is 2.73. The molecular weight excluding hydrogens is 364 g/mol. The van der Waals surface area contributed by atoms with E-state index >= 15 is 0 Å². The number of aliphatic hydroxyl groups is 1. The van der Waals surface area contributed by atoms with E-state index < -0.39 is 11.2 Å². The van der Waals surface area contributed by atoms with Crippen molar-refractivity contribution in [3.8, 4) is 0 Å². The summed E-state index contributed by atoms with van der Waals surface area (Å²) in [5.41, 5.74) is 0.0375. The summed E-state index contributed by atoms with van der Waals surface area (Å²) in [7, 11) is 1.41. The molecule has 3 aromatic heterocycles. The Labute approximate surface area is 160 Å². The van der Waals surface area contributed by atoms with Crippen molar-refractivity contribution in [1.82, 2.24) is 39.9 Å². The predicted molar refractivity (Wildman–Crippen MR) is 102 cm³/mol. The molecule has 0 amide bonds. The SMILES string of the molecule is Cn1c(=O)c2nc(CNCCNCCO)nnc2n(Cc2cccnc2)c1=O. The zero-order chi connectivity index (χ0) is 19.9. The lowest BCUT2D eigenvalue weighted by molar-refractivity contribution is 0.292. The van der Waals surface area contributed by atoms with Crippen LogP contribution in [0.5, 0.6) is 0 Å². The molecule has 148 valence electrons. The molecule has 3 aromatic rings. The summed E-state index contributed by atoms with van der Waals surface area (Å²) in [6.45, 7) is 2.46. The Balaban J connectivity index is 1.87. The smallest absolute Gasteiger partial charge is 0.332 e. The van der Waals surface area contributed by atoms with Crippen LogP contribution in [0.4, 0.5) is 0 Å². The van der Waals surface area contributed by atoms with Crippen LogP contribution >= 0.6 is 0 Å². The summed E-state index contributed by atoms with van der Waals surface area (Å²) in [5.74, 6) is 0.360. The van der Waals surface area contributed by atoms with Crippen LogP contribution < -0.4 is 21.9 Å². The standard InChI is InChI=1S/C17H22N8O3/c1-24-16(27)14-15(25(17(24)28)11-12-3-2-4-19-9-12)23-22-13(21-14)10-20-6-5-18-7-8-26/h2-4,9,18,20,26H,5-8,10-11H2,1H3. The third kappa shape index (κ3) is 4.44. The van der Waals surface area contributed by atoms with Crippen molar-refractivity contribution in [3.05, 3.63) is 56.8 Å². The molecule has 0 aliphatic rings. The Morgan fingerprint density at radius 2 is 1.96 bits per heavy atom. The van der Waals surface area contributed by atoms with Crippen molar-refractivity contribution in [2.24, 2.45) is 7.05 Å². The van der Waals surface area contributed by atoms with E-state index in [1.165, 1.54) is 11.6 Å².